The monoisotopic (exact) mass is 277 g/mol. The number of hydrogen-bond donors (Lipinski definition) is 0. The first kappa shape index (κ1) is 13.6. The molecule has 3 heteroatoms. The molecule has 3 rings (SSSR count). The van der Waals surface area contributed by atoms with Crippen molar-refractivity contribution in [1.29, 1.82) is 0 Å². The van der Waals surface area contributed by atoms with Crippen LogP contribution in [-0.4, -0.2) is 15.0 Å². The van der Waals surface area contributed by atoms with Crippen molar-refractivity contribution in [1.82, 2.24) is 15.0 Å². The largest absolute Gasteiger partial charge is 0.178 e. The minimum absolute atomic E-state index is 0.142. The van der Waals surface area contributed by atoms with Crippen LogP contribution in [-0.2, 0) is 5.54 Å². The molecule has 0 unspecified atom stereocenters. The smallest absolute Gasteiger partial charge is 0.121 e. The molecule has 0 spiro atoms. The van der Waals surface area contributed by atoms with Gasteiger partial charge in [-0.05, 0) is 20.8 Å². The maximum atomic E-state index is 4.73. The minimum atomic E-state index is -0.142. The predicted octanol–water partition coefficient (Wildman–Crippen LogP) is 4.37. The van der Waals surface area contributed by atoms with Gasteiger partial charge in [0.2, 0.25) is 0 Å². The number of benzene rings is 2. The van der Waals surface area contributed by atoms with E-state index in [0.29, 0.717) is 0 Å². The van der Waals surface area contributed by atoms with Crippen molar-refractivity contribution in [2.75, 3.05) is 0 Å². The van der Waals surface area contributed by atoms with Gasteiger partial charge in [-0.1, -0.05) is 60.7 Å². The summed E-state index contributed by atoms with van der Waals surface area (Å²) in [6.07, 6.45) is 0. The van der Waals surface area contributed by atoms with Gasteiger partial charge in [0.25, 0.3) is 0 Å². The number of aromatic nitrogens is 3. The van der Waals surface area contributed by atoms with E-state index in [2.05, 4.69) is 45.0 Å². The molecule has 1 aromatic heterocycles. The van der Waals surface area contributed by atoms with Gasteiger partial charge < -0.3 is 0 Å². The summed E-state index contributed by atoms with van der Waals surface area (Å²) >= 11 is 0. The quantitative estimate of drug-likeness (QED) is 0.696. The summed E-state index contributed by atoms with van der Waals surface area (Å²) in [6.45, 7) is 6.32. The molecule has 3 aromatic rings. The molecule has 106 valence electrons. The van der Waals surface area contributed by atoms with Gasteiger partial charge in [0.05, 0.1) is 5.54 Å². The third kappa shape index (κ3) is 2.72. The number of nitrogens with zero attached hydrogens (tertiary/aromatic N) is 3. The zero-order valence-corrected chi connectivity index (χ0v) is 12.6. The van der Waals surface area contributed by atoms with Crippen LogP contribution in [0.1, 0.15) is 20.8 Å². The molecule has 0 saturated carbocycles. The molecule has 0 fully saturated rings. The van der Waals surface area contributed by atoms with Gasteiger partial charge in [-0.15, -0.1) is 0 Å². The highest BCUT2D eigenvalue weighted by Gasteiger charge is 2.21. The van der Waals surface area contributed by atoms with Crippen molar-refractivity contribution in [3.05, 3.63) is 60.7 Å². The van der Waals surface area contributed by atoms with E-state index < -0.39 is 0 Å². The summed E-state index contributed by atoms with van der Waals surface area (Å²) in [4.78, 5) is 1.80. The Morgan fingerprint density at radius 2 is 1.05 bits per heavy atom. The Labute approximate surface area is 125 Å². The lowest BCUT2D eigenvalue weighted by molar-refractivity contribution is 0.313. The van der Waals surface area contributed by atoms with Crippen molar-refractivity contribution in [2.24, 2.45) is 0 Å². The Morgan fingerprint density at radius 1 is 0.667 bits per heavy atom. The van der Waals surface area contributed by atoms with Crippen LogP contribution in [0, 0.1) is 0 Å². The van der Waals surface area contributed by atoms with E-state index in [0.717, 1.165) is 22.5 Å². The van der Waals surface area contributed by atoms with E-state index in [4.69, 9.17) is 10.2 Å². The highest BCUT2D eigenvalue weighted by Crippen LogP contribution is 2.30. The molecule has 0 radical (unpaired) electrons. The zero-order valence-electron chi connectivity index (χ0n) is 12.6. The lowest BCUT2D eigenvalue weighted by atomic mass is 10.1. The standard InChI is InChI=1S/C18H19N3/c1-18(2,3)21-19-16(14-10-6-4-7-11-14)17(20-21)15-12-8-5-9-13-15/h4-13H,1-3H3. The molecule has 0 bridgehead atoms. The van der Waals surface area contributed by atoms with Crippen molar-refractivity contribution in [3.63, 3.8) is 0 Å². The van der Waals surface area contributed by atoms with E-state index >= 15 is 0 Å². The first-order valence-corrected chi connectivity index (χ1v) is 7.14. The van der Waals surface area contributed by atoms with E-state index in [1.165, 1.54) is 0 Å². The molecule has 0 amide bonds. The van der Waals surface area contributed by atoms with E-state index in [-0.39, 0.29) is 5.54 Å². The lowest BCUT2D eigenvalue weighted by Crippen LogP contribution is -2.24. The molecular weight excluding hydrogens is 258 g/mol. The van der Waals surface area contributed by atoms with Gasteiger partial charge in [0, 0.05) is 11.1 Å². The first-order chi connectivity index (χ1) is 10.1. The maximum Gasteiger partial charge on any atom is 0.121 e. The second kappa shape index (κ2) is 5.17. The topological polar surface area (TPSA) is 30.7 Å². The molecule has 3 nitrogen and oxygen atoms in total. The van der Waals surface area contributed by atoms with Crippen molar-refractivity contribution < 1.29 is 0 Å². The first-order valence-electron chi connectivity index (χ1n) is 7.14. The van der Waals surface area contributed by atoms with Gasteiger partial charge >= 0.3 is 0 Å². The molecule has 2 aromatic carbocycles. The number of rotatable bonds is 2. The van der Waals surface area contributed by atoms with Crippen LogP contribution in [0.3, 0.4) is 0 Å². The van der Waals surface area contributed by atoms with Gasteiger partial charge in [0.15, 0.2) is 0 Å². The summed E-state index contributed by atoms with van der Waals surface area (Å²) in [6, 6.07) is 20.4. The van der Waals surface area contributed by atoms with Gasteiger partial charge in [-0.2, -0.15) is 15.0 Å². The molecule has 0 aliphatic heterocycles. The maximum absolute atomic E-state index is 4.73. The van der Waals surface area contributed by atoms with Crippen LogP contribution in [0.25, 0.3) is 22.5 Å². The van der Waals surface area contributed by atoms with E-state index in [1.54, 1.807) is 4.80 Å². The molecule has 0 atom stereocenters. The Kier molecular flexibility index (Phi) is 3.34. The summed E-state index contributed by atoms with van der Waals surface area (Å²) in [5, 5.41) is 9.47. The average molecular weight is 277 g/mol. The van der Waals surface area contributed by atoms with Crippen molar-refractivity contribution in [2.45, 2.75) is 26.3 Å². The Balaban J connectivity index is 2.20. The van der Waals surface area contributed by atoms with Crippen LogP contribution in [0.15, 0.2) is 60.7 Å². The fourth-order valence-electron chi connectivity index (χ4n) is 2.19. The van der Waals surface area contributed by atoms with Gasteiger partial charge in [-0.25, -0.2) is 0 Å². The van der Waals surface area contributed by atoms with E-state index in [1.807, 2.05) is 36.4 Å². The normalized spacial score (nSPS) is 11.6. The zero-order chi connectivity index (χ0) is 14.9. The van der Waals surface area contributed by atoms with Crippen molar-refractivity contribution >= 4 is 0 Å². The average Bonchev–Trinajstić information content (AvgIpc) is 2.94. The Bertz CT molecular complexity index is 665. The number of hydrogen-bond acceptors (Lipinski definition) is 2. The van der Waals surface area contributed by atoms with Gasteiger partial charge in [0.1, 0.15) is 11.4 Å². The fourth-order valence-corrected chi connectivity index (χ4v) is 2.19. The highest BCUT2D eigenvalue weighted by atomic mass is 15.5. The summed E-state index contributed by atoms with van der Waals surface area (Å²) in [7, 11) is 0. The van der Waals surface area contributed by atoms with Crippen LogP contribution < -0.4 is 0 Å². The minimum Gasteiger partial charge on any atom is -0.178 e. The summed E-state index contributed by atoms with van der Waals surface area (Å²) in [5.74, 6) is 0. The molecule has 1 heterocycles. The fraction of sp³-hybridized carbons (Fsp3) is 0.222. The molecule has 0 N–H and O–H groups in total. The summed E-state index contributed by atoms with van der Waals surface area (Å²) in [5.41, 5.74) is 3.89. The van der Waals surface area contributed by atoms with Crippen LogP contribution >= 0.6 is 0 Å². The molecule has 21 heavy (non-hydrogen) atoms. The van der Waals surface area contributed by atoms with E-state index in [9.17, 15) is 0 Å². The second-order valence-corrected chi connectivity index (χ2v) is 6.09. The SMILES string of the molecule is CC(C)(C)n1nc(-c2ccccc2)c(-c2ccccc2)n1. The van der Waals surface area contributed by atoms with Gasteiger partial charge in [-0.3, -0.25) is 0 Å². The Hall–Kier alpha value is -2.42. The third-order valence-electron chi connectivity index (χ3n) is 3.31. The molecule has 0 saturated heterocycles. The third-order valence-corrected chi connectivity index (χ3v) is 3.31. The van der Waals surface area contributed by atoms with Crippen molar-refractivity contribution in [3.8, 4) is 22.5 Å². The molecular formula is C18H19N3. The molecule has 0 aliphatic carbocycles. The van der Waals surface area contributed by atoms with Crippen LogP contribution in [0.5, 0.6) is 0 Å². The Morgan fingerprint density at radius 3 is 1.38 bits per heavy atom. The summed E-state index contributed by atoms with van der Waals surface area (Å²) < 4.78 is 0. The molecule has 0 aliphatic rings. The highest BCUT2D eigenvalue weighted by molar-refractivity contribution is 5.77. The van der Waals surface area contributed by atoms with Crippen LogP contribution in [0.2, 0.25) is 0 Å². The second-order valence-electron chi connectivity index (χ2n) is 6.09. The van der Waals surface area contributed by atoms with Crippen LogP contribution in [0.4, 0.5) is 0 Å². The predicted molar refractivity (Wildman–Crippen MR) is 85.9 cm³/mol. The lowest BCUT2D eigenvalue weighted by Gasteiger charge is -2.16.